The van der Waals surface area contributed by atoms with Gasteiger partial charge in [-0.2, -0.15) is 4.98 Å². The van der Waals surface area contributed by atoms with Crippen LogP contribution in [-0.2, 0) is 0 Å². The molecule has 0 aliphatic carbocycles. The Balaban J connectivity index is 2.06. The second-order valence-electron chi connectivity index (χ2n) is 5.09. The summed E-state index contributed by atoms with van der Waals surface area (Å²) in [5.74, 6) is 1.86. The lowest BCUT2D eigenvalue weighted by Gasteiger charge is -2.17. The van der Waals surface area contributed by atoms with Crippen LogP contribution in [-0.4, -0.2) is 49.1 Å². The summed E-state index contributed by atoms with van der Waals surface area (Å²) >= 11 is 0. The topological polar surface area (TPSA) is 70.5 Å². The first-order chi connectivity index (χ1) is 10.6. The molecule has 0 unspecified atom stereocenters. The zero-order valence-corrected chi connectivity index (χ0v) is 13.2. The first-order valence-corrected chi connectivity index (χ1v) is 7.24. The molecule has 0 aliphatic rings. The highest BCUT2D eigenvalue weighted by molar-refractivity contribution is 6.64. The van der Waals surface area contributed by atoms with Crippen LogP contribution in [0.2, 0.25) is 6.82 Å². The Morgan fingerprint density at radius 3 is 2.64 bits per heavy atom. The summed E-state index contributed by atoms with van der Waals surface area (Å²) in [6.07, 6.45) is 3.29. The van der Waals surface area contributed by atoms with Crippen molar-refractivity contribution in [2.45, 2.75) is 6.82 Å². The predicted molar refractivity (Wildman–Crippen MR) is 89.2 cm³/mol. The van der Waals surface area contributed by atoms with E-state index in [1.165, 1.54) is 0 Å². The van der Waals surface area contributed by atoms with Crippen LogP contribution in [0.15, 0.2) is 36.7 Å². The molecule has 7 heteroatoms. The van der Waals surface area contributed by atoms with Crippen LogP contribution in [0.3, 0.4) is 0 Å². The lowest BCUT2D eigenvalue weighted by Crippen LogP contribution is -2.27. The largest absolute Gasteiger partial charge is 0.447 e. The standard InChI is InChI=1S/C15H21BN4O2/c1-16(21)12-4-6-13(7-5-12)22-15-11-18-10-14(19-15)20(3)9-8-17-2/h4-7,10-11,17,21H,8-9H2,1-3H3. The molecule has 0 radical (unpaired) electrons. The normalized spacial score (nSPS) is 10.4. The van der Waals surface area contributed by atoms with Crippen LogP contribution in [0.25, 0.3) is 0 Å². The minimum atomic E-state index is -0.488. The van der Waals surface area contributed by atoms with Gasteiger partial charge in [0.15, 0.2) is 5.82 Å². The molecule has 6 nitrogen and oxygen atoms in total. The van der Waals surface area contributed by atoms with Gasteiger partial charge in [-0.05, 0) is 24.6 Å². The summed E-state index contributed by atoms with van der Waals surface area (Å²) in [5, 5.41) is 12.6. The summed E-state index contributed by atoms with van der Waals surface area (Å²) in [4.78, 5) is 10.6. The van der Waals surface area contributed by atoms with E-state index < -0.39 is 6.92 Å². The molecular formula is C15H21BN4O2. The van der Waals surface area contributed by atoms with Crippen LogP contribution in [0, 0.1) is 0 Å². The molecule has 0 saturated carbocycles. The zero-order valence-electron chi connectivity index (χ0n) is 13.2. The van der Waals surface area contributed by atoms with Crippen LogP contribution >= 0.6 is 0 Å². The molecule has 0 aliphatic heterocycles. The van der Waals surface area contributed by atoms with Crippen LogP contribution in [0.1, 0.15) is 0 Å². The number of nitrogens with zero attached hydrogens (tertiary/aromatic N) is 3. The molecule has 0 amide bonds. The van der Waals surface area contributed by atoms with Crippen molar-refractivity contribution in [3.63, 3.8) is 0 Å². The summed E-state index contributed by atoms with van der Waals surface area (Å²) in [6.45, 7) is 2.94. The molecule has 22 heavy (non-hydrogen) atoms. The van der Waals surface area contributed by atoms with E-state index >= 15 is 0 Å². The number of hydrogen-bond acceptors (Lipinski definition) is 6. The van der Waals surface area contributed by atoms with Gasteiger partial charge in [0.2, 0.25) is 5.88 Å². The molecule has 0 atom stereocenters. The molecule has 0 spiro atoms. The SMILES string of the molecule is CNCCN(C)c1cncc(Oc2ccc(B(C)O)cc2)n1. The third-order valence-electron chi connectivity index (χ3n) is 3.27. The maximum absolute atomic E-state index is 9.50. The van der Waals surface area contributed by atoms with E-state index in [0.717, 1.165) is 24.4 Å². The molecule has 2 aromatic rings. The second kappa shape index (κ2) is 7.77. The highest BCUT2D eigenvalue weighted by Gasteiger charge is 2.08. The molecule has 0 fully saturated rings. The van der Waals surface area contributed by atoms with Crippen molar-refractivity contribution < 1.29 is 9.76 Å². The fraction of sp³-hybridized carbons (Fsp3) is 0.333. The molecule has 1 aromatic carbocycles. The molecule has 116 valence electrons. The number of hydrogen-bond donors (Lipinski definition) is 2. The summed E-state index contributed by atoms with van der Waals surface area (Å²) in [7, 11) is 3.87. The van der Waals surface area contributed by atoms with Crippen molar-refractivity contribution in [2.24, 2.45) is 0 Å². The van der Waals surface area contributed by atoms with Crippen molar-refractivity contribution in [3.05, 3.63) is 36.7 Å². The number of benzene rings is 1. The van der Waals surface area contributed by atoms with Crippen LogP contribution < -0.4 is 20.4 Å². The van der Waals surface area contributed by atoms with Gasteiger partial charge in [0.05, 0.1) is 12.4 Å². The molecule has 0 saturated heterocycles. The maximum Gasteiger partial charge on any atom is 0.320 e. The molecule has 2 N–H and O–H groups in total. The fourth-order valence-corrected chi connectivity index (χ4v) is 1.90. The smallest absolute Gasteiger partial charge is 0.320 e. The Morgan fingerprint density at radius 2 is 2.00 bits per heavy atom. The van der Waals surface area contributed by atoms with E-state index in [0.29, 0.717) is 11.6 Å². The van der Waals surface area contributed by atoms with Gasteiger partial charge in [-0.25, -0.2) is 0 Å². The van der Waals surface area contributed by atoms with Crippen molar-refractivity contribution in [1.82, 2.24) is 15.3 Å². The Bertz CT molecular complexity index is 592. The summed E-state index contributed by atoms with van der Waals surface area (Å²) < 4.78 is 5.71. The molecule has 2 rings (SSSR count). The Kier molecular flexibility index (Phi) is 5.74. The third kappa shape index (κ3) is 4.44. The molecule has 1 aromatic heterocycles. The van der Waals surface area contributed by atoms with E-state index in [9.17, 15) is 5.02 Å². The monoisotopic (exact) mass is 300 g/mol. The summed E-state index contributed by atoms with van der Waals surface area (Å²) in [5.41, 5.74) is 0.846. The van der Waals surface area contributed by atoms with Crippen molar-refractivity contribution in [3.8, 4) is 11.6 Å². The maximum atomic E-state index is 9.50. The summed E-state index contributed by atoms with van der Waals surface area (Å²) in [6, 6.07) is 7.27. The fourth-order valence-electron chi connectivity index (χ4n) is 1.90. The quantitative estimate of drug-likeness (QED) is 0.735. The van der Waals surface area contributed by atoms with E-state index in [2.05, 4.69) is 15.3 Å². The van der Waals surface area contributed by atoms with Gasteiger partial charge in [0, 0.05) is 20.1 Å². The van der Waals surface area contributed by atoms with Gasteiger partial charge in [0.25, 0.3) is 0 Å². The lowest BCUT2D eigenvalue weighted by molar-refractivity contribution is 0.460. The number of rotatable bonds is 7. The first-order valence-electron chi connectivity index (χ1n) is 7.24. The average Bonchev–Trinajstić information content (AvgIpc) is 2.53. The number of aromatic nitrogens is 2. The Hall–Kier alpha value is -2.12. The highest BCUT2D eigenvalue weighted by atomic mass is 16.5. The third-order valence-corrected chi connectivity index (χ3v) is 3.27. The second-order valence-corrected chi connectivity index (χ2v) is 5.09. The highest BCUT2D eigenvalue weighted by Crippen LogP contribution is 2.19. The van der Waals surface area contributed by atoms with Gasteiger partial charge in [0.1, 0.15) is 5.75 Å². The molecular weight excluding hydrogens is 279 g/mol. The van der Waals surface area contributed by atoms with Gasteiger partial charge in [-0.1, -0.05) is 19.0 Å². The number of anilines is 1. The van der Waals surface area contributed by atoms with Crippen LogP contribution in [0.5, 0.6) is 11.6 Å². The van der Waals surface area contributed by atoms with Gasteiger partial charge < -0.3 is 20.0 Å². The zero-order chi connectivity index (χ0) is 15.9. The van der Waals surface area contributed by atoms with Gasteiger partial charge in [-0.3, -0.25) is 4.98 Å². The minimum absolute atomic E-state index is 0.443. The van der Waals surface area contributed by atoms with E-state index in [1.54, 1.807) is 31.3 Å². The minimum Gasteiger partial charge on any atom is -0.447 e. The average molecular weight is 300 g/mol. The Morgan fingerprint density at radius 1 is 1.27 bits per heavy atom. The predicted octanol–water partition coefficient (Wildman–Crippen LogP) is 0.745. The first kappa shape index (κ1) is 16.3. The van der Waals surface area contributed by atoms with E-state index in [-0.39, 0.29) is 0 Å². The van der Waals surface area contributed by atoms with Gasteiger partial charge in [-0.15, -0.1) is 0 Å². The van der Waals surface area contributed by atoms with E-state index in [4.69, 9.17) is 4.74 Å². The number of ether oxygens (including phenoxy) is 1. The lowest BCUT2D eigenvalue weighted by atomic mass is 9.64. The van der Waals surface area contributed by atoms with Crippen molar-refractivity contribution in [1.29, 1.82) is 0 Å². The molecule has 0 bridgehead atoms. The Labute approximate surface area is 131 Å². The number of nitrogens with one attached hydrogen (secondary N) is 1. The van der Waals surface area contributed by atoms with Gasteiger partial charge >= 0.3 is 6.92 Å². The molecule has 1 heterocycles. The van der Waals surface area contributed by atoms with Crippen LogP contribution in [0.4, 0.5) is 5.82 Å². The van der Waals surface area contributed by atoms with Crippen molar-refractivity contribution in [2.75, 3.05) is 32.1 Å². The van der Waals surface area contributed by atoms with E-state index in [1.807, 2.05) is 31.1 Å². The van der Waals surface area contributed by atoms with Crippen molar-refractivity contribution >= 4 is 18.2 Å². The number of likely N-dealkylation sites (N-methyl/N-ethyl adjacent to an activating group) is 2.